The predicted molar refractivity (Wildman–Crippen MR) is 82.9 cm³/mol. The summed E-state index contributed by atoms with van der Waals surface area (Å²) in [5.41, 5.74) is 5.53. The molecule has 0 aliphatic carbocycles. The number of carbonyl (C=O) groups is 2. The van der Waals surface area contributed by atoms with Crippen LogP contribution < -0.4 is 11.3 Å². The molecule has 22 heavy (non-hydrogen) atoms. The summed E-state index contributed by atoms with van der Waals surface area (Å²) in [7, 11) is 0. The van der Waals surface area contributed by atoms with Gasteiger partial charge in [-0.2, -0.15) is 0 Å². The molecule has 0 aromatic carbocycles. The molecular weight excluding hydrogens is 304 g/mol. The third-order valence-electron chi connectivity index (χ3n) is 3.91. The lowest BCUT2D eigenvalue weighted by atomic mass is 10.2. The van der Waals surface area contributed by atoms with E-state index in [0.29, 0.717) is 20.7 Å². The summed E-state index contributed by atoms with van der Waals surface area (Å²) in [6.45, 7) is 3.14. The number of rotatable bonds is 3. The van der Waals surface area contributed by atoms with Gasteiger partial charge in [0.2, 0.25) is 5.91 Å². The molecule has 1 fully saturated rings. The van der Waals surface area contributed by atoms with Crippen molar-refractivity contribution in [3.63, 3.8) is 0 Å². The Morgan fingerprint density at radius 2 is 2.05 bits per heavy atom. The van der Waals surface area contributed by atoms with E-state index in [0.717, 1.165) is 37.3 Å². The molecule has 2 aromatic rings. The number of carbonyl (C=O) groups excluding carboxylic acids is 2. The fraction of sp³-hybridized carbons (Fsp3) is 0.429. The fourth-order valence-electron chi connectivity index (χ4n) is 2.72. The molecule has 0 atom stereocenters. The maximum Gasteiger partial charge on any atom is 0.262 e. The Labute approximate surface area is 130 Å². The number of fused-ring (bicyclic) bond motifs is 1. The van der Waals surface area contributed by atoms with Gasteiger partial charge in [-0.1, -0.05) is 0 Å². The minimum Gasteiger partial charge on any atom is -0.365 e. The SMILES string of the molecule is Cc1c(C(N)=O)sc2ncn(CC(=O)N3CCCC3)c(=O)c12. The summed E-state index contributed by atoms with van der Waals surface area (Å²) in [4.78, 5) is 42.8. The summed E-state index contributed by atoms with van der Waals surface area (Å²) >= 11 is 1.10. The fourth-order valence-corrected chi connectivity index (χ4v) is 3.71. The van der Waals surface area contributed by atoms with Crippen LogP contribution in [-0.2, 0) is 11.3 Å². The Kier molecular flexibility index (Phi) is 3.69. The molecule has 1 saturated heterocycles. The van der Waals surface area contributed by atoms with Crippen molar-refractivity contribution in [2.24, 2.45) is 5.73 Å². The molecule has 2 N–H and O–H groups in total. The Bertz CT molecular complexity index is 817. The van der Waals surface area contributed by atoms with Gasteiger partial charge in [0, 0.05) is 13.1 Å². The standard InChI is InChI=1S/C14H16N4O3S/c1-8-10-13(22-11(8)12(15)20)16-7-18(14(10)21)6-9(19)17-4-2-3-5-17/h7H,2-6H2,1H3,(H2,15,20). The van der Waals surface area contributed by atoms with Crippen LogP contribution in [0, 0.1) is 6.92 Å². The average molecular weight is 320 g/mol. The monoisotopic (exact) mass is 320 g/mol. The number of likely N-dealkylation sites (tertiary alicyclic amines) is 1. The van der Waals surface area contributed by atoms with E-state index in [-0.39, 0.29) is 18.0 Å². The van der Waals surface area contributed by atoms with Gasteiger partial charge in [0.25, 0.3) is 11.5 Å². The molecule has 1 aliphatic heterocycles. The average Bonchev–Trinajstić information content (AvgIpc) is 3.10. The van der Waals surface area contributed by atoms with E-state index >= 15 is 0 Å². The first-order valence-corrected chi connectivity index (χ1v) is 7.87. The minimum absolute atomic E-state index is 0.0248. The summed E-state index contributed by atoms with van der Waals surface area (Å²) < 4.78 is 1.30. The van der Waals surface area contributed by atoms with Crippen LogP contribution in [0.4, 0.5) is 0 Å². The summed E-state index contributed by atoms with van der Waals surface area (Å²) in [6, 6.07) is 0. The molecule has 0 unspecified atom stereocenters. The Balaban J connectivity index is 1.99. The number of nitrogens with two attached hydrogens (primary N) is 1. The summed E-state index contributed by atoms with van der Waals surface area (Å²) in [5, 5.41) is 0.371. The van der Waals surface area contributed by atoms with E-state index in [4.69, 9.17) is 5.73 Å². The lowest BCUT2D eigenvalue weighted by molar-refractivity contribution is -0.130. The van der Waals surface area contributed by atoms with Gasteiger partial charge in [-0.3, -0.25) is 19.0 Å². The molecule has 7 nitrogen and oxygen atoms in total. The highest BCUT2D eigenvalue weighted by Gasteiger charge is 2.21. The highest BCUT2D eigenvalue weighted by Crippen LogP contribution is 2.26. The number of thiophene rings is 1. The van der Waals surface area contributed by atoms with E-state index in [2.05, 4.69) is 4.98 Å². The second-order valence-corrected chi connectivity index (χ2v) is 6.37. The smallest absolute Gasteiger partial charge is 0.262 e. The number of aryl methyl sites for hydroxylation is 1. The number of primary amides is 1. The number of hydrogen-bond acceptors (Lipinski definition) is 5. The molecule has 0 bridgehead atoms. The van der Waals surface area contributed by atoms with Crippen molar-refractivity contribution < 1.29 is 9.59 Å². The van der Waals surface area contributed by atoms with Crippen molar-refractivity contribution in [1.82, 2.24) is 14.5 Å². The van der Waals surface area contributed by atoms with Crippen LogP contribution in [0.5, 0.6) is 0 Å². The van der Waals surface area contributed by atoms with Gasteiger partial charge in [-0.15, -0.1) is 11.3 Å². The van der Waals surface area contributed by atoms with E-state index in [1.54, 1.807) is 11.8 Å². The number of amides is 2. The van der Waals surface area contributed by atoms with Crippen LogP contribution >= 0.6 is 11.3 Å². The zero-order valence-electron chi connectivity index (χ0n) is 12.2. The predicted octanol–water partition coefficient (Wildman–Crippen LogP) is 0.488. The van der Waals surface area contributed by atoms with E-state index in [1.165, 1.54) is 10.9 Å². The number of aromatic nitrogens is 2. The van der Waals surface area contributed by atoms with Crippen LogP contribution in [0.25, 0.3) is 10.2 Å². The zero-order valence-corrected chi connectivity index (χ0v) is 13.0. The second-order valence-electron chi connectivity index (χ2n) is 5.37. The lowest BCUT2D eigenvalue weighted by Crippen LogP contribution is -2.34. The minimum atomic E-state index is -0.570. The summed E-state index contributed by atoms with van der Waals surface area (Å²) in [6.07, 6.45) is 3.37. The van der Waals surface area contributed by atoms with Crippen molar-refractivity contribution in [3.05, 3.63) is 27.1 Å². The highest BCUT2D eigenvalue weighted by atomic mass is 32.1. The topological polar surface area (TPSA) is 98.3 Å². The Hall–Kier alpha value is -2.22. The molecule has 2 aromatic heterocycles. The third-order valence-corrected chi connectivity index (χ3v) is 5.12. The number of nitrogens with zero attached hydrogens (tertiary/aromatic N) is 3. The molecule has 1 aliphatic rings. The van der Waals surface area contributed by atoms with Gasteiger partial charge in [0.05, 0.1) is 16.6 Å². The molecule has 3 heterocycles. The van der Waals surface area contributed by atoms with Crippen molar-refractivity contribution in [1.29, 1.82) is 0 Å². The second kappa shape index (κ2) is 5.53. The normalized spacial score (nSPS) is 14.7. The van der Waals surface area contributed by atoms with E-state index in [9.17, 15) is 14.4 Å². The maximum atomic E-state index is 12.5. The molecule has 116 valence electrons. The molecule has 2 amide bonds. The van der Waals surface area contributed by atoms with Gasteiger partial charge in [-0.25, -0.2) is 4.98 Å². The van der Waals surface area contributed by atoms with Gasteiger partial charge in [0.15, 0.2) is 0 Å². The van der Waals surface area contributed by atoms with Crippen LogP contribution in [0.1, 0.15) is 28.1 Å². The van der Waals surface area contributed by atoms with Gasteiger partial charge < -0.3 is 10.6 Å². The molecular formula is C14H16N4O3S. The van der Waals surface area contributed by atoms with Crippen LogP contribution in [0.15, 0.2) is 11.1 Å². The third kappa shape index (κ3) is 2.39. The first kappa shape index (κ1) is 14.7. The molecule has 0 spiro atoms. The summed E-state index contributed by atoms with van der Waals surface area (Å²) in [5.74, 6) is -0.650. The first-order valence-electron chi connectivity index (χ1n) is 7.05. The zero-order chi connectivity index (χ0) is 15.9. The number of hydrogen-bond donors (Lipinski definition) is 1. The van der Waals surface area contributed by atoms with Crippen LogP contribution in [0.2, 0.25) is 0 Å². The van der Waals surface area contributed by atoms with Gasteiger partial charge in [-0.05, 0) is 25.3 Å². The van der Waals surface area contributed by atoms with Crippen molar-refractivity contribution in [2.45, 2.75) is 26.3 Å². The van der Waals surface area contributed by atoms with Crippen molar-refractivity contribution in [2.75, 3.05) is 13.1 Å². The Morgan fingerprint density at radius 1 is 1.36 bits per heavy atom. The maximum absolute atomic E-state index is 12.5. The Morgan fingerprint density at radius 3 is 2.68 bits per heavy atom. The van der Waals surface area contributed by atoms with Crippen LogP contribution in [-0.4, -0.2) is 39.4 Å². The van der Waals surface area contributed by atoms with Crippen molar-refractivity contribution in [3.8, 4) is 0 Å². The first-order chi connectivity index (χ1) is 10.5. The van der Waals surface area contributed by atoms with E-state index in [1.807, 2.05) is 0 Å². The highest BCUT2D eigenvalue weighted by molar-refractivity contribution is 7.20. The quantitative estimate of drug-likeness (QED) is 0.889. The molecule has 3 rings (SSSR count). The van der Waals surface area contributed by atoms with Crippen molar-refractivity contribution >= 4 is 33.4 Å². The van der Waals surface area contributed by atoms with Gasteiger partial charge >= 0.3 is 0 Å². The molecule has 0 saturated carbocycles. The van der Waals surface area contributed by atoms with E-state index < -0.39 is 5.91 Å². The largest absolute Gasteiger partial charge is 0.365 e. The van der Waals surface area contributed by atoms with Gasteiger partial charge in [0.1, 0.15) is 11.4 Å². The molecule has 0 radical (unpaired) electrons. The molecule has 8 heteroatoms. The lowest BCUT2D eigenvalue weighted by Gasteiger charge is -2.15. The van der Waals surface area contributed by atoms with Crippen LogP contribution in [0.3, 0.4) is 0 Å².